The van der Waals surface area contributed by atoms with Gasteiger partial charge >= 0.3 is 6.18 Å². The molecule has 1 fully saturated rings. The van der Waals surface area contributed by atoms with Crippen LogP contribution in [0.25, 0.3) is 0 Å². The number of likely N-dealkylation sites (N-methyl/N-ethyl adjacent to an activating group) is 3. The molecular weight excluding hydrogens is 451 g/mol. The lowest BCUT2D eigenvalue weighted by atomic mass is 10.0. The minimum atomic E-state index is -4.36. The third-order valence-electron chi connectivity index (χ3n) is 6.75. The summed E-state index contributed by atoms with van der Waals surface area (Å²) in [6.45, 7) is 8.99. The zero-order valence-corrected chi connectivity index (χ0v) is 21.8. The number of anilines is 2. The molecule has 0 aliphatic carbocycles. The van der Waals surface area contributed by atoms with Crippen molar-refractivity contribution in [3.05, 3.63) is 59.2 Å². The molecule has 0 atom stereocenters. The number of aryl methyl sites for hydroxylation is 1. The molecule has 1 aliphatic rings. The predicted molar refractivity (Wildman–Crippen MR) is 139 cm³/mol. The highest BCUT2D eigenvalue weighted by molar-refractivity contribution is 5.51. The number of rotatable bonds is 10. The molecule has 1 aliphatic heterocycles. The number of halogens is 3. The van der Waals surface area contributed by atoms with Gasteiger partial charge in [0, 0.05) is 77.3 Å². The molecule has 194 valence electrons. The van der Waals surface area contributed by atoms with Crippen molar-refractivity contribution in [1.82, 2.24) is 14.7 Å². The zero-order chi connectivity index (χ0) is 25.6. The minimum Gasteiger partial charge on any atom is -0.373 e. The lowest BCUT2D eigenvalue weighted by molar-refractivity contribution is -0.138. The minimum absolute atomic E-state index is 0.307. The van der Waals surface area contributed by atoms with Gasteiger partial charge in [0.2, 0.25) is 0 Å². The van der Waals surface area contributed by atoms with E-state index < -0.39 is 11.7 Å². The Morgan fingerprint density at radius 2 is 1.43 bits per heavy atom. The molecule has 5 nitrogen and oxygen atoms in total. The smallest absolute Gasteiger partial charge is 0.373 e. The summed E-state index contributed by atoms with van der Waals surface area (Å²) in [5, 5.41) is 0. The molecule has 0 radical (unpaired) electrons. The molecule has 0 unspecified atom stereocenters. The van der Waals surface area contributed by atoms with Gasteiger partial charge in [0.15, 0.2) is 0 Å². The van der Waals surface area contributed by atoms with E-state index in [2.05, 4.69) is 57.8 Å². The number of benzene rings is 2. The van der Waals surface area contributed by atoms with Crippen LogP contribution in [0, 0.1) is 6.92 Å². The van der Waals surface area contributed by atoms with Crippen molar-refractivity contribution in [2.45, 2.75) is 19.6 Å². The molecule has 0 spiro atoms. The molecule has 0 saturated carbocycles. The summed E-state index contributed by atoms with van der Waals surface area (Å²) in [5.74, 6) is 0. The second-order valence-corrected chi connectivity index (χ2v) is 9.97. The quantitative estimate of drug-likeness (QED) is 0.492. The van der Waals surface area contributed by atoms with Crippen LogP contribution in [0.2, 0.25) is 0 Å². The van der Waals surface area contributed by atoms with Gasteiger partial charge in [-0.1, -0.05) is 17.7 Å². The Balaban J connectivity index is 1.64. The SMILES string of the molecule is Cc1ccc(N2CCN(Cc3cc(N(C)CCN(C)CCN(C)C)ccc3C(F)(F)F)CC2)cc1. The highest BCUT2D eigenvalue weighted by Crippen LogP contribution is 2.35. The number of piperazine rings is 1. The highest BCUT2D eigenvalue weighted by atomic mass is 19.4. The topological polar surface area (TPSA) is 16.2 Å². The third kappa shape index (κ3) is 8.12. The molecular formula is C27H40F3N5. The Morgan fingerprint density at radius 3 is 2.03 bits per heavy atom. The van der Waals surface area contributed by atoms with Crippen LogP contribution in [0.4, 0.5) is 24.5 Å². The monoisotopic (exact) mass is 491 g/mol. The van der Waals surface area contributed by atoms with Crippen LogP contribution >= 0.6 is 0 Å². The van der Waals surface area contributed by atoms with E-state index >= 15 is 0 Å². The van der Waals surface area contributed by atoms with Crippen molar-refractivity contribution in [3.8, 4) is 0 Å². The molecule has 2 aromatic carbocycles. The Labute approximate surface area is 208 Å². The molecule has 3 rings (SSSR count). The van der Waals surface area contributed by atoms with Crippen LogP contribution in [0.1, 0.15) is 16.7 Å². The largest absolute Gasteiger partial charge is 0.416 e. The number of hydrogen-bond acceptors (Lipinski definition) is 5. The van der Waals surface area contributed by atoms with Crippen molar-refractivity contribution >= 4 is 11.4 Å². The molecule has 0 amide bonds. The molecule has 35 heavy (non-hydrogen) atoms. The van der Waals surface area contributed by atoms with Gasteiger partial charge in [-0.05, 0) is 64.0 Å². The normalized spacial score (nSPS) is 15.3. The fraction of sp³-hybridized carbons (Fsp3) is 0.556. The summed E-state index contributed by atoms with van der Waals surface area (Å²) < 4.78 is 41.4. The van der Waals surface area contributed by atoms with Crippen LogP contribution in [0.3, 0.4) is 0 Å². The number of alkyl halides is 3. The van der Waals surface area contributed by atoms with E-state index in [9.17, 15) is 13.2 Å². The molecule has 8 heteroatoms. The van der Waals surface area contributed by atoms with E-state index in [0.717, 1.165) is 58.0 Å². The van der Waals surface area contributed by atoms with E-state index in [0.29, 0.717) is 12.1 Å². The second-order valence-electron chi connectivity index (χ2n) is 9.97. The van der Waals surface area contributed by atoms with Gasteiger partial charge in [-0.15, -0.1) is 0 Å². The average Bonchev–Trinajstić information content (AvgIpc) is 2.81. The van der Waals surface area contributed by atoms with Gasteiger partial charge in [0.25, 0.3) is 0 Å². The van der Waals surface area contributed by atoms with Gasteiger partial charge in [-0.2, -0.15) is 13.2 Å². The van der Waals surface area contributed by atoms with Crippen molar-refractivity contribution < 1.29 is 13.2 Å². The fourth-order valence-electron chi connectivity index (χ4n) is 4.32. The first-order chi connectivity index (χ1) is 16.5. The molecule has 0 aromatic heterocycles. The summed E-state index contributed by atoms with van der Waals surface area (Å²) in [6.07, 6.45) is -4.36. The summed E-state index contributed by atoms with van der Waals surface area (Å²) in [4.78, 5) is 10.9. The Morgan fingerprint density at radius 1 is 0.800 bits per heavy atom. The first-order valence-corrected chi connectivity index (χ1v) is 12.3. The van der Waals surface area contributed by atoms with Crippen LogP contribution in [0.15, 0.2) is 42.5 Å². The van der Waals surface area contributed by atoms with Crippen LogP contribution in [-0.4, -0.2) is 95.2 Å². The van der Waals surface area contributed by atoms with Gasteiger partial charge in [-0.25, -0.2) is 0 Å². The Kier molecular flexibility index (Phi) is 9.44. The zero-order valence-electron chi connectivity index (χ0n) is 21.8. The lowest BCUT2D eigenvalue weighted by Crippen LogP contribution is -2.46. The van der Waals surface area contributed by atoms with E-state index in [1.807, 2.05) is 26.0 Å². The van der Waals surface area contributed by atoms with Gasteiger partial charge in [0.1, 0.15) is 0 Å². The lowest BCUT2D eigenvalue weighted by Gasteiger charge is -2.36. The fourth-order valence-corrected chi connectivity index (χ4v) is 4.32. The van der Waals surface area contributed by atoms with Crippen LogP contribution in [0.5, 0.6) is 0 Å². The average molecular weight is 492 g/mol. The van der Waals surface area contributed by atoms with Gasteiger partial charge < -0.3 is 19.6 Å². The second kappa shape index (κ2) is 12.1. The van der Waals surface area contributed by atoms with E-state index in [4.69, 9.17) is 0 Å². The number of nitrogens with zero attached hydrogens (tertiary/aromatic N) is 5. The maximum atomic E-state index is 13.8. The predicted octanol–water partition coefficient (Wildman–Crippen LogP) is 4.27. The summed E-state index contributed by atoms with van der Waals surface area (Å²) in [7, 11) is 8.12. The Hall–Kier alpha value is -2.29. The van der Waals surface area contributed by atoms with Crippen molar-refractivity contribution in [2.75, 3.05) is 90.3 Å². The number of hydrogen-bond donors (Lipinski definition) is 0. The summed E-state index contributed by atoms with van der Waals surface area (Å²) in [6, 6.07) is 13.0. The summed E-state index contributed by atoms with van der Waals surface area (Å²) in [5.41, 5.74) is 3.04. The maximum Gasteiger partial charge on any atom is 0.416 e. The Bertz CT molecular complexity index is 921. The van der Waals surface area contributed by atoms with Crippen LogP contribution < -0.4 is 9.80 Å². The van der Waals surface area contributed by atoms with E-state index in [-0.39, 0.29) is 0 Å². The first-order valence-electron chi connectivity index (χ1n) is 12.3. The standard InChI is InChI=1S/C27H40F3N5/c1-22-6-8-24(9-7-22)35-18-16-34(17-19-35)21-23-20-25(10-11-26(23)27(28,29)30)33(5)15-14-32(4)13-12-31(2)3/h6-11,20H,12-19,21H2,1-5H3. The first kappa shape index (κ1) is 27.3. The molecule has 2 aromatic rings. The maximum absolute atomic E-state index is 13.8. The molecule has 0 N–H and O–H groups in total. The summed E-state index contributed by atoms with van der Waals surface area (Å²) >= 11 is 0. The molecule has 1 heterocycles. The van der Waals surface area contributed by atoms with Crippen LogP contribution in [-0.2, 0) is 12.7 Å². The van der Waals surface area contributed by atoms with Gasteiger partial charge in [-0.3, -0.25) is 4.90 Å². The molecule has 0 bridgehead atoms. The molecule has 1 saturated heterocycles. The van der Waals surface area contributed by atoms with Gasteiger partial charge in [0.05, 0.1) is 5.56 Å². The van der Waals surface area contributed by atoms with E-state index in [1.54, 1.807) is 12.1 Å². The van der Waals surface area contributed by atoms with E-state index in [1.165, 1.54) is 17.3 Å². The third-order valence-corrected chi connectivity index (χ3v) is 6.75. The van der Waals surface area contributed by atoms with Crippen molar-refractivity contribution in [3.63, 3.8) is 0 Å². The highest BCUT2D eigenvalue weighted by Gasteiger charge is 2.34. The van der Waals surface area contributed by atoms with Crippen molar-refractivity contribution in [1.29, 1.82) is 0 Å². The van der Waals surface area contributed by atoms with Crippen molar-refractivity contribution in [2.24, 2.45) is 0 Å².